The van der Waals surface area contributed by atoms with E-state index in [9.17, 15) is 0 Å². The lowest BCUT2D eigenvalue weighted by atomic mass is 10.2. The number of aromatic nitrogens is 2. The van der Waals surface area contributed by atoms with Crippen molar-refractivity contribution in [3.63, 3.8) is 0 Å². The number of hydrogen-bond donors (Lipinski definition) is 1. The third-order valence-corrected chi connectivity index (χ3v) is 1.96. The molecule has 2 N–H and O–H groups in total. The summed E-state index contributed by atoms with van der Waals surface area (Å²) in [6.45, 7) is 0. The molecule has 0 radical (unpaired) electrons. The van der Waals surface area contributed by atoms with E-state index < -0.39 is 0 Å². The fourth-order valence-corrected chi connectivity index (χ4v) is 1.29. The van der Waals surface area contributed by atoms with Gasteiger partial charge in [-0.1, -0.05) is 0 Å². The number of nitrogens with two attached hydrogens (primary N) is 1. The Balaban J connectivity index is 2.53. The van der Waals surface area contributed by atoms with Crippen LogP contribution in [0.25, 0.3) is 5.69 Å². The first-order valence-electron chi connectivity index (χ1n) is 4.25. The van der Waals surface area contributed by atoms with Gasteiger partial charge >= 0.3 is 0 Å². The molecule has 1 heterocycles. The highest BCUT2D eigenvalue weighted by molar-refractivity contribution is 5.55. The number of rotatable bonds is 2. The van der Waals surface area contributed by atoms with Crippen LogP contribution in [0.1, 0.15) is 0 Å². The molecule has 14 heavy (non-hydrogen) atoms. The third-order valence-electron chi connectivity index (χ3n) is 1.96. The molecule has 2 rings (SSSR count). The lowest BCUT2D eigenvalue weighted by Crippen LogP contribution is -1.99. The molecule has 0 unspecified atom stereocenters. The Hall–Kier alpha value is -1.97. The van der Waals surface area contributed by atoms with Crippen molar-refractivity contribution in [2.45, 2.75) is 0 Å². The van der Waals surface area contributed by atoms with Crippen LogP contribution < -0.4 is 10.5 Å². The number of benzene rings is 1. The molecule has 4 nitrogen and oxygen atoms in total. The molecule has 0 aliphatic rings. The molecule has 1 aromatic heterocycles. The molecule has 0 spiro atoms. The van der Waals surface area contributed by atoms with E-state index in [4.69, 9.17) is 10.5 Å². The van der Waals surface area contributed by atoms with Crippen LogP contribution in [0.3, 0.4) is 0 Å². The molecule has 4 heteroatoms. The monoisotopic (exact) mass is 189 g/mol. The van der Waals surface area contributed by atoms with Crippen LogP contribution >= 0.6 is 0 Å². The maximum atomic E-state index is 5.65. The van der Waals surface area contributed by atoms with Gasteiger partial charge in [0.25, 0.3) is 0 Å². The highest BCUT2D eigenvalue weighted by Crippen LogP contribution is 2.24. The zero-order valence-corrected chi connectivity index (χ0v) is 7.84. The molecule has 1 aromatic carbocycles. The molecule has 0 amide bonds. The van der Waals surface area contributed by atoms with Gasteiger partial charge < -0.3 is 10.5 Å². The van der Waals surface area contributed by atoms with Crippen LogP contribution in [0.2, 0.25) is 0 Å². The minimum Gasteiger partial charge on any atom is -0.494 e. The fourth-order valence-electron chi connectivity index (χ4n) is 1.29. The number of hydrogen-bond acceptors (Lipinski definition) is 3. The number of nitrogen functional groups attached to an aromatic ring is 1. The van der Waals surface area contributed by atoms with Gasteiger partial charge in [-0.2, -0.15) is 5.10 Å². The van der Waals surface area contributed by atoms with Crippen molar-refractivity contribution in [2.75, 3.05) is 12.8 Å². The molecule has 0 saturated carbocycles. The van der Waals surface area contributed by atoms with E-state index in [1.807, 2.05) is 24.4 Å². The van der Waals surface area contributed by atoms with E-state index in [1.54, 1.807) is 24.1 Å². The lowest BCUT2D eigenvalue weighted by molar-refractivity contribution is 0.412. The molecule has 0 saturated heterocycles. The Kier molecular flexibility index (Phi) is 2.10. The largest absolute Gasteiger partial charge is 0.494 e. The highest BCUT2D eigenvalue weighted by atomic mass is 16.5. The van der Waals surface area contributed by atoms with Gasteiger partial charge in [0, 0.05) is 24.1 Å². The molecule has 0 atom stereocenters. The van der Waals surface area contributed by atoms with E-state index in [-0.39, 0.29) is 0 Å². The summed E-state index contributed by atoms with van der Waals surface area (Å²) in [6.07, 6.45) is 3.57. The van der Waals surface area contributed by atoms with Crippen LogP contribution in [0.4, 0.5) is 5.69 Å². The molecular formula is C10H11N3O. The maximum Gasteiger partial charge on any atom is 0.146 e. The van der Waals surface area contributed by atoms with Crippen molar-refractivity contribution in [2.24, 2.45) is 0 Å². The quantitative estimate of drug-likeness (QED) is 0.728. The van der Waals surface area contributed by atoms with Crippen molar-refractivity contribution < 1.29 is 4.74 Å². The summed E-state index contributed by atoms with van der Waals surface area (Å²) in [5.74, 6) is 0.716. The summed E-state index contributed by atoms with van der Waals surface area (Å²) in [4.78, 5) is 0. The standard InChI is InChI=1S/C10H11N3O/c1-14-10-7-8(11)3-4-9(10)13-6-2-5-12-13/h2-7H,11H2,1H3. The van der Waals surface area contributed by atoms with Gasteiger partial charge in [-0.15, -0.1) is 0 Å². The Bertz CT molecular complexity index is 423. The highest BCUT2D eigenvalue weighted by Gasteiger charge is 2.04. The SMILES string of the molecule is COc1cc(N)ccc1-n1cccn1. The van der Waals surface area contributed by atoms with Crippen molar-refractivity contribution >= 4 is 5.69 Å². The van der Waals surface area contributed by atoms with Crippen molar-refractivity contribution in [1.82, 2.24) is 9.78 Å². The minimum atomic E-state index is 0.678. The number of methoxy groups -OCH3 is 1. The van der Waals surface area contributed by atoms with Crippen LogP contribution in [-0.2, 0) is 0 Å². The summed E-state index contributed by atoms with van der Waals surface area (Å²) in [6, 6.07) is 7.33. The number of nitrogens with zero attached hydrogens (tertiary/aromatic N) is 2. The summed E-state index contributed by atoms with van der Waals surface area (Å²) in [5.41, 5.74) is 7.21. The van der Waals surface area contributed by atoms with E-state index in [2.05, 4.69) is 5.10 Å². The van der Waals surface area contributed by atoms with E-state index in [0.29, 0.717) is 11.4 Å². The van der Waals surface area contributed by atoms with Crippen molar-refractivity contribution in [3.05, 3.63) is 36.7 Å². The van der Waals surface area contributed by atoms with Crippen molar-refractivity contribution in [1.29, 1.82) is 0 Å². The summed E-state index contributed by atoms with van der Waals surface area (Å²) in [7, 11) is 1.61. The van der Waals surface area contributed by atoms with Gasteiger partial charge in [-0.3, -0.25) is 0 Å². The average molecular weight is 189 g/mol. The maximum absolute atomic E-state index is 5.65. The van der Waals surface area contributed by atoms with Gasteiger partial charge in [-0.05, 0) is 18.2 Å². The minimum absolute atomic E-state index is 0.678. The Morgan fingerprint density at radius 3 is 2.93 bits per heavy atom. The van der Waals surface area contributed by atoms with Gasteiger partial charge in [0.05, 0.1) is 7.11 Å². The van der Waals surface area contributed by atoms with Crippen LogP contribution in [0.5, 0.6) is 5.75 Å². The smallest absolute Gasteiger partial charge is 0.146 e. The van der Waals surface area contributed by atoms with Gasteiger partial charge in [-0.25, -0.2) is 4.68 Å². The predicted octanol–water partition coefficient (Wildman–Crippen LogP) is 1.46. The van der Waals surface area contributed by atoms with Crippen LogP contribution in [0, 0.1) is 0 Å². The summed E-state index contributed by atoms with van der Waals surface area (Å²) in [5, 5.41) is 4.12. The molecule has 0 bridgehead atoms. The average Bonchev–Trinajstić information content (AvgIpc) is 2.70. The Labute approximate surface area is 81.9 Å². The number of anilines is 1. The van der Waals surface area contributed by atoms with Crippen molar-refractivity contribution in [3.8, 4) is 11.4 Å². The first-order chi connectivity index (χ1) is 6.81. The topological polar surface area (TPSA) is 53.1 Å². The summed E-state index contributed by atoms with van der Waals surface area (Å²) >= 11 is 0. The molecular weight excluding hydrogens is 178 g/mol. The molecule has 0 fully saturated rings. The number of ether oxygens (including phenoxy) is 1. The Morgan fingerprint density at radius 1 is 1.43 bits per heavy atom. The van der Waals surface area contributed by atoms with Gasteiger partial charge in [0.15, 0.2) is 0 Å². The van der Waals surface area contributed by atoms with Crippen LogP contribution in [-0.4, -0.2) is 16.9 Å². The summed E-state index contributed by atoms with van der Waals surface area (Å²) < 4.78 is 6.94. The molecule has 0 aliphatic carbocycles. The molecule has 0 aliphatic heterocycles. The second-order valence-electron chi connectivity index (χ2n) is 2.88. The third kappa shape index (κ3) is 1.42. The van der Waals surface area contributed by atoms with Crippen LogP contribution in [0.15, 0.2) is 36.7 Å². The normalized spacial score (nSPS) is 10.1. The van der Waals surface area contributed by atoms with E-state index in [0.717, 1.165) is 5.69 Å². The van der Waals surface area contributed by atoms with E-state index in [1.165, 1.54) is 0 Å². The second kappa shape index (κ2) is 3.41. The van der Waals surface area contributed by atoms with Gasteiger partial charge in [0.1, 0.15) is 11.4 Å². The predicted molar refractivity (Wildman–Crippen MR) is 54.5 cm³/mol. The van der Waals surface area contributed by atoms with Gasteiger partial charge in [0.2, 0.25) is 0 Å². The first-order valence-corrected chi connectivity index (χ1v) is 4.25. The van der Waals surface area contributed by atoms with E-state index >= 15 is 0 Å². The zero-order valence-electron chi connectivity index (χ0n) is 7.84. The fraction of sp³-hybridized carbons (Fsp3) is 0.100. The Morgan fingerprint density at radius 2 is 2.29 bits per heavy atom. The zero-order chi connectivity index (χ0) is 9.97. The first kappa shape index (κ1) is 8.62. The second-order valence-corrected chi connectivity index (χ2v) is 2.88. The lowest BCUT2D eigenvalue weighted by Gasteiger charge is -2.08. The molecule has 2 aromatic rings. The molecule has 72 valence electrons.